The summed E-state index contributed by atoms with van der Waals surface area (Å²) in [7, 11) is -1.24. The zero-order valence-corrected chi connectivity index (χ0v) is 14.9. The van der Waals surface area contributed by atoms with Crippen molar-refractivity contribution in [3.63, 3.8) is 0 Å². The maximum atomic E-state index is 2.57. The monoisotopic (exact) mass is 286 g/mol. The van der Waals surface area contributed by atoms with E-state index in [4.69, 9.17) is 0 Å². The lowest BCUT2D eigenvalue weighted by molar-refractivity contribution is 0.898. The molecule has 0 aliphatic rings. The molecule has 20 heavy (non-hydrogen) atoms. The molecule has 0 fully saturated rings. The smallest absolute Gasteiger partial charge is 0.0695 e. The predicted octanol–water partition coefficient (Wildman–Crippen LogP) is 6.47. The van der Waals surface area contributed by atoms with Gasteiger partial charge < -0.3 is 0 Å². The lowest BCUT2D eigenvalue weighted by Gasteiger charge is -2.18. The Morgan fingerprint density at radius 1 is 1.00 bits per heavy atom. The minimum absolute atomic E-state index is 1.19. The van der Waals surface area contributed by atoms with Crippen LogP contribution in [0.25, 0.3) is 5.57 Å². The molecule has 1 rings (SSSR count). The van der Waals surface area contributed by atoms with E-state index in [2.05, 4.69) is 75.6 Å². The van der Waals surface area contributed by atoms with Gasteiger partial charge in [0.1, 0.15) is 0 Å². The molecule has 0 atom stereocenters. The van der Waals surface area contributed by atoms with Gasteiger partial charge in [-0.25, -0.2) is 0 Å². The van der Waals surface area contributed by atoms with E-state index in [-0.39, 0.29) is 0 Å². The van der Waals surface area contributed by atoms with E-state index in [1.165, 1.54) is 36.8 Å². The molecule has 0 saturated heterocycles. The fourth-order valence-electron chi connectivity index (χ4n) is 2.35. The van der Waals surface area contributed by atoms with Crippen LogP contribution in [-0.4, -0.2) is 8.07 Å². The SMILES string of the molecule is CCC/C=C(CCC)/C(=C\[Si](C)(C)C)c1ccccc1. The van der Waals surface area contributed by atoms with Crippen molar-refractivity contribution < 1.29 is 0 Å². The van der Waals surface area contributed by atoms with Crippen LogP contribution < -0.4 is 0 Å². The van der Waals surface area contributed by atoms with Gasteiger partial charge in [0, 0.05) is 0 Å². The second-order valence-electron chi connectivity index (χ2n) is 6.56. The van der Waals surface area contributed by atoms with Crippen molar-refractivity contribution in [1.82, 2.24) is 0 Å². The topological polar surface area (TPSA) is 0 Å². The van der Waals surface area contributed by atoms with E-state index < -0.39 is 8.07 Å². The standard InChI is InChI=1S/C19H30Si/c1-6-8-13-17(12-7-2)19(16-20(3,4)5)18-14-10-9-11-15-18/h9-11,13-16H,6-8,12H2,1-5H3/b17-13+,19-16+. The number of hydrogen-bond donors (Lipinski definition) is 0. The number of allylic oxidation sites excluding steroid dienone is 3. The van der Waals surface area contributed by atoms with Crippen LogP contribution in [0, 0.1) is 0 Å². The van der Waals surface area contributed by atoms with Gasteiger partial charge in [0.15, 0.2) is 0 Å². The van der Waals surface area contributed by atoms with Gasteiger partial charge in [0.25, 0.3) is 0 Å². The van der Waals surface area contributed by atoms with Gasteiger partial charge in [0.05, 0.1) is 8.07 Å². The fourth-order valence-corrected chi connectivity index (χ4v) is 3.56. The third-order valence-corrected chi connectivity index (χ3v) is 4.36. The predicted molar refractivity (Wildman–Crippen MR) is 95.7 cm³/mol. The number of benzene rings is 1. The summed E-state index contributed by atoms with van der Waals surface area (Å²) in [6.45, 7) is 11.8. The quantitative estimate of drug-likeness (QED) is 0.398. The maximum absolute atomic E-state index is 2.57. The highest BCUT2D eigenvalue weighted by Gasteiger charge is 2.14. The van der Waals surface area contributed by atoms with Gasteiger partial charge in [-0.3, -0.25) is 0 Å². The van der Waals surface area contributed by atoms with Gasteiger partial charge in [-0.05, 0) is 29.6 Å². The molecule has 0 aliphatic carbocycles. The molecule has 0 N–H and O–H groups in total. The molecule has 0 spiro atoms. The zero-order chi connectivity index (χ0) is 15.0. The van der Waals surface area contributed by atoms with Gasteiger partial charge in [-0.1, -0.05) is 88.4 Å². The van der Waals surface area contributed by atoms with Gasteiger partial charge in [-0.15, -0.1) is 0 Å². The van der Waals surface area contributed by atoms with E-state index in [0.717, 1.165) is 0 Å². The normalized spacial score (nSPS) is 13.7. The first kappa shape index (κ1) is 17.0. The molecule has 0 radical (unpaired) electrons. The Morgan fingerprint density at radius 3 is 2.15 bits per heavy atom. The molecule has 0 amide bonds. The molecule has 0 heterocycles. The molecule has 0 unspecified atom stereocenters. The molecule has 1 aromatic carbocycles. The summed E-state index contributed by atoms with van der Waals surface area (Å²) in [6, 6.07) is 10.9. The highest BCUT2D eigenvalue weighted by molar-refractivity contribution is 6.81. The van der Waals surface area contributed by atoms with Crippen LogP contribution >= 0.6 is 0 Å². The van der Waals surface area contributed by atoms with Crippen molar-refractivity contribution in [1.29, 1.82) is 0 Å². The number of unbranched alkanes of at least 4 members (excludes halogenated alkanes) is 1. The van der Waals surface area contributed by atoms with Crippen molar-refractivity contribution in [2.75, 3.05) is 0 Å². The highest BCUT2D eigenvalue weighted by atomic mass is 28.3. The average Bonchev–Trinajstić information content (AvgIpc) is 2.41. The highest BCUT2D eigenvalue weighted by Crippen LogP contribution is 2.29. The second-order valence-corrected chi connectivity index (χ2v) is 11.6. The molecule has 0 aromatic heterocycles. The Kier molecular flexibility index (Phi) is 7.01. The van der Waals surface area contributed by atoms with Gasteiger partial charge in [0.2, 0.25) is 0 Å². The second kappa shape index (κ2) is 8.26. The molecule has 0 saturated carbocycles. The van der Waals surface area contributed by atoms with Gasteiger partial charge in [-0.2, -0.15) is 0 Å². The minimum atomic E-state index is -1.24. The average molecular weight is 287 g/mol. The summed E-state index contributed by atoms with van der Waals surface area (Å²) < 4.78 is 0. The first-order chi connectivity index (χ1) is 9.48. The van der Waals surface area contributed by atoms with Crippen molar-refractivity contribution in [3.8, 4) is 0 Å². The van der Waals surface area contributed by atoms with Crippen LogP contribution in [0.1, 0.15) is 45.1 Å². The molecular weight excluding hydrogens is 256 g/mol. The third-order valence-electron chi connectivity index (χ3n) is 3.21. The lowest BCUT2D eigenvalue weighted by Crippen LogP contribution is -2.17. The van der Waals surface area contributed by atoms with Crippen molar-refractivity contribution in [2.24, 2.45) is 0 Å². The van der Waals surface area contributed by atoms with Crippen molar-refractivity contribution in [2.45, 2.75) is 59.2 Å². The zero-order valence-electron chi connectivity index (χ0n) is 13.9. The Hall–Kier alpha value is -1.08. The Morgan fingerprint density at radius 2 is 1.65 bits per heavy atom. The fraction of sp³-hybridized carbons (Fsp3) is 0.474. The van der Waals surface area contributed by atoms with E-state index >= 15 is 0 Å². The molecular formula is C19H30Si. The summed E-state index contributed by atoms with van der Waals surface area (Å²) >= 11 is 0. The van der Waals surface area contributed by atoms with E-state index in [1.807, 2.05) is 0 Å². The maximum Gasteiger partial charge on any atom is 0.0695 e. The van der Waals surface area contributed by atoms with Crippen LogP contribution in [0.2, 0.25) is 19.6 Å². The van der Waals surface area contributed by atoms with Crippen LogP contribution in [0.15, 0.2) is 47.7 Å². The summed E-state index contributed by atoms with van der Waals surface area (Å²) in [5, 5.41) is 0. The van der Waals surface area contributed by atoms with E-state index in [9.17, 15) is 0 Å². The summed E-state index contributed by atoms with van der Waals surface area (Å²) in [4.78, 5) is 0. The Balaban J connectivity index is 3.25. The molecule has 0 aliphatic heterocycles. The summed E-state index contributed by atoms with van der Waals surface area (Å²) in [5.41, 5.74) is 6.98. The Labute approximate surface area is 126 Å². The van der Waals surface area contributed by atoms with Crippen molar-refractivity contribution >= 4 is 13.6 Å². The first-order valence-corrected chi connectivity index (χ1v) is 11.5. The Bertz CT molecular complexity index is 446. The van der Waals surface area contributed by atoms with Crippen molar-refractivity contribution in [3.05, 3.63) is 53.2 Å². The summed E-state index contributed by atoms with van der Waals surface area (Å²) in [5.74, 6) is 0. The van der Waals surface area contributed by atoms with Gasteiger partial charge >= 0.3 is 0 Å². The van der Waals surface area contributed by atoms with Crippen LogP contribution in [0.5, 0.6) is 0 Å². The van der Waals surface area contributed by atoms with Crippen LogP contribution in [-0.2, 0) is 0 Å². The number of hydrogen-bond acceptors (Lipinski definition) is 0. The molecule has 1 aromatic rings. The molecule has 0 nitrogen and oxygen atoms in total. The first-order valence-electron chi connectivity index (χ1n) is 7.95. The molecule has 1 heteroatoms. The van der Waals surface area contributed by atoms with Crippen LogP contribution in [0.4, 0.5) is 0 Å². The molecule has 110 valence electrons. The lowest BCUT2D eigenvalue weighted by atomic mass is 9.95. The summed E-state index contributed by atoms with van der Waals surface area (Å²) in [6.07, 6.45) is 7.27. The van der Waals surface area contributed by atoms with E-state index in [0.29, 0.717) is 0 Å². The minimum Gasteiger partial charge on any atom is -0.0871 e. The molecule has 0 bridgehead atoms. The largest absolute Gasteiger partial charge is 0.0871 e. The van der Waals surface area contributed by atoms with E-state index in [1.54, 1.807) is 5.57 Å². The number of rotatable bonds is 7. The third kappa shape index (κ3) is 5.92. The van der Waals surface area contributed by atoms with Crippen LogP contribution in [0.3, 0.4) is 0 Å².